The number of allylic oxidation sites excluding steroid dienone is 1. The minimum Gasteiger partial charge on any atom is -0.466 e. The minimum atomic E-state index is -0.396. The standard InChI is InChI=1S/C10H12N2O3/c1-8(10(14)15-2)4-6-12-7-11-5-3-9(12)13/h3-5,7H,6H2,1-2H3. The van der Waals surface area contributed by atoms with Crippen molar-refractivity contribution in [2.24, 2.45) is 0 Å². The number of nitrogens with zero attached hydrogens (tertiary/aromatic N) is 2. The maximum Gasteiger partial charge on any atom is 0.333 e. The Balaban J connectivity index is 2.77. The van der Waals surface area contributed by atoms with Crippen molar-refractivity contribution in [2.75, 3.05) is 7.11 Å². The van der Waals surface area contributed by atoms with Gasteiger partial charge in [-0.1, -0.05) is 6.08 Å². The summed E-state index contributed by atoms with van der Waals surface area (Å²) in [4.78, 5) is 26.1. The summed E-state index contributed by atoms with van der Waals surface area (Å²) in [6.07, 6.45) is 4.47. The van der Waals surface area contributed by atoms with Gasteiger partial charge in [-0.15, -0.1) is 0 Å². The number of hydrogen-bond donors (Lipinski definition) is 0. The van der Waals surface area contributed by atoms with E-state index in [1.165, 1.54) is 30.3 Å². The summed E-state index contributed by atoms with van der Waals surface area (Å²) in [6.45, 7) is 1.95. The van der Waals surface area contributed by atoms with Crippen molar-refractivity contribution in [2.45, 2.75) is 13.5 Å². The normalized spacial score (nSPS) is 11.2. The summed E-state index contributed by atoms with van der Waals surface area (Å²) in [6, 6.07) is 1.36. The topological polar surface area (TPSA) is 61.2 Å². The molecule has 80 valence electrons. The van der Waals surface area contributed by atoms with Gasteiger partial charge in [0.25, 0.3) is 5.56 Å². The SMILES string of the molecule is COC(=O)C(C)=CCn1cnccc1=O. The monoisotopic (exact) mass is 208 g/mol. The van der Waals surface area contributed by atoms with Crippen LogP contribution in [0.1, 0.15) is 6.92 Å². The molecule has 0 aliphatic carbocycles. The lowest BCUT2D eigenvalue weighted by atomic mass is 10.3. The molecule has 0 atom stereocenters. The highest BCUT2D eigenvalue weighted by molar-refractivity contribution is 5.87. The molecule has 1 aromatic rings. The largest absolute Gasteiger partial charge is 0.466 e. The van der Waals surface area contributed by atoms with Crippen molar-refractivity contribution < 1.29 is 9.53 Å². The van der Waals surface area contributed by atoms with E-state index in [-0.39, 0.29) is 5.56 Å². The number of carbonyl (C=O) groups is 1. The Morgan fingerprint density at radius 2 is 2.40 bits per heavy atom. The van der Waals surface area contributed by atoms with Crippen LogP contribution < -0.4 is 5.56 Å². The highest BCUT2D eigenvalue weighted by atomic mass is 16.5. The van der Waals surface area contributed by atoms with Crippen LogP contribution >= 0.6 is 0 Å². The van der Waals surface area contributed by atoms with E-state index >= 15 is 0 Å². The van der Waals surface area contributed by atoms with E-state index < -0.39 is 5.97 Å². The molecular weight excluding hydrogens is 196 g/mol. The van der Waals surface area contributed by atoms with E-state index in [1.54, 1.807) is 13.0 Å². The van der Waals surface area contributed by atoms with Gasteiger partial charge in [0.15, 0.2) is 0 Å². The summed E-state index contributed by atoms with van der Waals surface area (Å²) in [7, 11) is 1.32. The highest BCUT2D eigenvalue weighted by Gasteiger charge is 2.01. The van der Waals surface area contributed by atoms with E-state index in [1.807, 2.05) is 0 Å². The first-order valence-corrected chi connectivity index (χ1v) is 4.40. The Morgan fingerprint density at radius 1 is 1.67 bits per heavy atom. The highest BCUT2D eigenvalue weighted by Crippen LogP contribution is 1.95. The van der Waals surface area contributed by atoms with Gasteiger partial charge in [-0.05, 0) is 6.92 Å². The van der Waals surface area contributed by atoms with Gasteiger partial charge in [0.05, 0.1) is 13.4 Å². The fourth-order valence-corrected chi connectivity index (χ4v) is 0.995. The quantitative estimate of drug-likeness (QED) is 0.531. The molecule has 1 heterocycles. The molecule has 0 N–H and O–H groups in total. The Kier molecular flexibility index (Phi) is 3.79. The van der Waals surface area contributed by atoms with Crippen LogP contribution in [0.15, 0.2) is 35.0 Å². The molecule has 5 nitrogen and oxygen atoms in total. The molecule has 1 aromatic heterocycles. The van der Waals surface area contributed by atoms with Crippen LogP contribution in [-0.4, -0.2) is 22.6 Å². The Morgan fingerprint density at radius 3 is 3.00 bits per heavy atom. The fourth-order valence-electron chi connectivity index (χ4n) is 0.995. The van der Waals surface area contributed by atoms with Crippen molar-refractivity contribution in [3.8, 4) is 0 Å². The van der Waals surface area contributed by atoms with E-state index in [9.17, 15) is 9.59 Å². The average Bonchev–Trinajstić information content (AvgIpc) is 2.26. The van der Waals surface area contributed by atoms with Crippen molar-refractivity contribution in [3.05, 3.63) is 40.6 Å². The molecule has 15 heavy (non-hydrogen) atoms. The maximum atomic E-state index is 11.2. The summed E-state index contributed by atoms with van der Waals surface area (Å²) < 4.78 is 5.92. The number of hydrogen-bond acceptors (Lipinski definition) is 4. The Hall–Kier alpha value is -1.91. The third-order valence-electron chi connectivity index (χ3n) is 1.89. The van der Waals surface area contributed by atoms with Crippen molar-refractivity contribution >= 4 is 5.97 Å². The molecule has 0 unspecified atom stereocenters. The third-order valence-corrected chi connectivity index (χ3v) is 1.89. The van der Waals surface area contributed by atoms with Gasteiger partial charge >= 0.3 is 5.97 Å². The average molecular weight is 208 g/mol. The maximum absolute atomic E-state index is 11.2. The van der Waals surface area contributed by atoms with Crippen molar-refractivity contribution in [1.82, 2.24) is 9.55 Å². The van der Waals surface area contributed by atoms with Crippen LogP contribution in [0.5, 0.6) is 0 Å². The second-order valence-corrected chi connectivity index (χ2v) is 2.95. The second kappa shape index (κ2) is 5.09. The number of aromatic nitrogens is 2. The summed E-state index contributed by atoms with van der Waals surface area (Å²) in [5, 5.41) is 0. The molecule has 0 aliphatic rings. The van der Waals surface area contributed by atoms with Crippen molar-refractivity contribution in [1.29, 1.82) is 0 Å². The molecule has 5 heteroatoms. The molecule has 0 radical (unpaired) electrons. The van der Waals surface area contributed by atoms with Crippen LogP contribution in [0, 0.1) is 0 Å². The number of rotatable bonds is 3. The molecule has 0 aliphatic heterocycles. The first-order valence-electron chi connectivity index (χ1n) is 4.40. The van der Waals surface area contributed by atoms with Gasteiger partial charge in [0, 0.05) is 24.4 Å². The molecule has 0 spiro atoms. The van der Waals surface area contributed by atoms with Gasteiger partial charge in [0.1, 0.15) is 0 Å². The van der Waals surface area contributed by atoms with Crippen LogP contribution in [0.2, 0.25) is 0 Å². The zero-order valence-electron chi connectivity index (χ0n) is 8.64. The third kappa shape index (κ3) is 3.05. The molecule has 0 saturated heterocycles. The summed E-state index contributed by atoms with van der Waals surface area (Å²) >= 11 is 0. The predicted molar refractivity (Wildman–Crippen MR) is 54.3 cm³/mol. The van der Waals surface area contributed by atoms with E-state index in [4.69, 9.17) is 0 Å². The van der Waals surface area contributed by atoms with E-state index in [0.29, 0.717) is 12.1 Å². The van der Waals surface area contributed by atoms with Gasteiger partial charge < -0.3 is 4.74 Å². The molecule has 0 bridgehead atoms. The second-order valence-electron chi connectivity index (χ2n) is 2.95. The smallest absolute Gasteiger partial charge is 0.333 e. The van der Waals surface area contributed by atoms with Gasteiger partial charge in [0.2, 0.25) is 0 Å². The molecule has 0 fully saturated rings. The zero-order chi connectivity index (χ0) is 11.3. The van der Waals surface area contributed by atoms with Gasteiger partial charge in [-0.3, -0.25) is 9.36 Å². The van der Waals surface area contributed by atoms with Crippen LogP contribution in [-0.2, 0) is 16.1 Å². The summed E-state index contributed by atoms with van der Waals surface area (Å²) in [5.74, 6) is -0.396. The fraction of sp³-hybridized carbons (Fsp3) is 0.300. The Bertz CT molecular complexity index is 434. The van der Waals surface area contributed by atoms with Gasteiger partial charge in [-0.2, -0.15) is 0 Å². The molecular formula is C10H12N2O3. The first-order chi connectivity index (χ1) is 7.15. The van der Waals surface area contributed by atoms with E-state index in [0.717, 1.165) is 0 Å². The number of methoxy groups -OCH3 is 1. The molecule has 0 aromatic carbocycles. The van der Waals surface area contributed by atoms with Crippen LogP contribution in [0.25, 0.3) is 0 Å². The molecule has 0 saturated carbocycles. The van der Waals surface area contributed by atoms with Crippen LogP contribution in [0.4, 0.5) is 0 Å². The minimum absolute atomic E-state index is 0.154. The summed E-state index contributed by atoms with van der Waals surface area (Å²) in [5.41, 5.74) is 0.312. The number of esters is 1. The van der Waals surface area contributed by atoms with Crippen LogP contribution in [0.3, 0.4) is 0 Å². The molecule has 0 amide bonds. The number of carbonyl (C=O) groups excluding carboxylic acids is 1. The lowest BCUT2D eigenvalue weighted by Crippen LogP contribution is -2.18. The lowest BCUT2D eigenvalue weighted by Gasteiger charge is -2.01. The molecule has 1 rings (SSSR count). The first kappa shape index (κ1) is 11.2. The number of ether oxygens (including phenoxy) is 1. The lowest BCUT2D eigenvalue weighted by molar-refractivity contribution is -0.136. The predicted octanol–water partition coefficient (Wildman–Crippen LogP) is 0.363. The van der Waals surface area contributed by atoms with Gasteiger partial charge in [-0.25, -0.2) is 9.78 Å². The van der Waals surface area contributed by atoms with Crippen molar-refractivity contribution in [3.63, 3.8) is 0 Å². The zero-order valence-corrected chi connectivity index (χ0v) is 8.64. The van der Waals surface area contributed by atoms with E-state index in [2.05, 4.69) is 9.72 Å². The Labute approximate surface area is 87.0 Å².